The summed E-state index contributed by atoms with van der Waals surface area (Å²) in [4.78, 5) is 22.1. The fourth-order valence-corrected chi connectivity index (χ4v) is 1.51. The van der Waals surface area contributed by atoms with E-state index < -0.39 is 4.92 Å². The summed E-state index contributed by atoms with van der Waals surface area (Å²) in [6.07, 6.45) is 0. The largest absolute Gasteiger partial charge is 0.368 e. The van der Waals surface area contributed by atoms with Gasteiger partial charge in [-0.25, -0.2) is 4.98 Å². The highest BCUT2D eigenvalue weighted by Crippen LogP contribution is 2.28. The Bertz CT molecular complexity index is 448. The van der Waals surface area contributed by atoms with E-state index in [2.05, 4.69) is 9.97 Å². The Kier molecular flexibility index (Phi) is 4.38. The van der Waals surface area contributed by atoms with Crippen molar-refractivity contribution in [2.24, 2.45) is 0 Å². The van der Waals surface area contributed by atoms with Crippen LogP contribution in [-0.2, 0) is 0 Å². The zero-order valence-electron chi connectivity index (χ0n) is 11.0. The van der Waals surface area contributed by atoms with E-state index in [1.54, 1.807) is 18.9 Å². The minimum Gasteiger partial charge on any atom is -0.368 e. The molecule has 0 saturated carbocycles. The summed E-state index contributed by atoms with van der Waals surface area (Å²) in [6, 6.07) is 0. The fraction of sp³-hybridized carbons (Fsp3) is 0.600. The highest BCUT2D eigenvalue weighted by Gasteiger charge is 2.24. The van der Waals surface area contributed by atoms with Crippen LogP contribution in [0.1, 0.15) is 5.69 Å². The van der Waals surface area contributed by atoms with E-state index in [9.17, 15) is 10.1 Å². The molecule has 1 rings (SSSR count). The molecular weight excluding hydrogens is 236 g/mol. The molecule has 0 fully saturated rings. The third-order valence-electron chi connectivity index (χ3n) is 2.48. The number of aromatic nitrogens is 2. The van der Waals surface area contributed by atoms with Gasteiger partial charge in [0.1, 0.15) is 5.69 Å². The molecule has 8 nitrogen and oxygen atoms in total. The molecule has 8 heteroatoms. The van der Waals surface area contributed by atoms with Gasteiger partial charge in [0, 0.05) is 20.1 Å². The van der Waals surface area contributed by atoms with Crippen molar-refractivity contribution in [1.29, 1.82) is 0 Å². The summed E-state index contributed by atoms with van der Waals surface area (Å²) in [5.74, 6) is 0.302. The van der Waals surface area contributed by atoms with Crippen molar-refractivity contribution >= 4 is 17.5 Å². The van der Waals surface area contributed by atoms with E-state index in [1.165, 1.54) is 0 Å². The summed E-state index contributed by atoms with van der Waals surface area (Å²) in [5, 5.41) is 11.0. The number of nitro groups is 1. The maximum atomic E-state index is 11.0. The standard InChI is InChI=1S/C10H18N6O2/c1-7-8(16(17)18)9(13-10(11)12-7)15(4)6-5-14(2)3/h5-6H2,1-4H3,(H2,11,12,13). The highest BCUT2D eigenvalue weighted by atomic mass is 16.6. The van der Waals surface area contributed by atoms with E-state index in [1.807, 2.05) is 19.0 Å². The Hall–Kier alpha value is -1.96. The Labute approximate surface area is 106 Å². The molecular formula is C10H18N6O2. The average Bonchev–Trinajstić information content (AvgIpc) is 2.23. The second kappa shape index (κ2) is 5.58. The maximum absolute atomic E-state index is 11.0. The van der Waals surface area contributed by atoms with Gasteiger partial charge in [-0.15, -0.1) is 0 Å². The Balaban J connectivity index is 3.09. The Morgan fingerprint density at radius 2 is 1.89 bits per heavy atom. The number of anilines is 2. The monoisotopic (exact) mass is 254 g/mol. The van der Waals surface area contributed by atoms with Crippen molar-refractivity contribution in [2.45, 2.75) is 6.92 Å². The first-order chi connectivity index (χ1) is 8.32. The summed E-state index contributed by atoms with van der Waals surface area (Å²) >= 11 is 0. The van der Waals surface area contributed by atoms with Crippen molar-refractivity contribution in [2.75, 3.05) is 44.9 Å². The van der Waals surface area contributed by atoms with Crippen LogP contribution in [0.15, 0.2) is 0 Å². The van der Waals surface area contributed by atoms with E-state index in [-0.39, 0.29) is 23.1 Å². The van der Waals surface area contributed by atoms with E-state index in [0.29, 0.717) is 6.54 Å². The van der Waals surface area contributed by atoms with Gasteiger partial charge in [-0.3, -0.25) is 10.1 Å². The first-order valence-electron chi connectivity index (χ1n) is 5.47. The van der Waals surface area contributed by atoms with Gasteiger partial charge < -0.3 is 15.5 Å². The average molecular weight is 254 g/mol. The molecule has 0 saturated heterocycles. The molecule has 0 aliphatic heterocycles. The lowest BCUT2D eigenvalue weighted by Gasteiger charge is -2.20. The lowest BCUT2D eigenvalue weighted by molar-refractivity contribution is -0.385. The first kappa shape index (κ1) is 14.1. The molecule has 1 heterocycles. The van der Waals surface area contributed by atoms with E-state index in [4.69, 9.17) is 5.73 Å². The molecule has 0 aliphatic rings. The normalized spacial score (nSPS) is 10.7. The molecule has 1 aromatic heterocycles. The Morgan fingerprint density at radius 1 is 1.28 bits per heavy atom. The summed E-state index contributed by atoms with van der Waals surface area (Å²) in [6.45, 7) is 2.93. The summed E-state index contributed by atoms with van der Waals surface area (Å²) in [5.41, 5.74) is 5.73. The number of hydrogen-bond acceptors (Lipinski definition) is 7. The number of nitrogens with two attached hydrogens (primary N) is 1. The fourth-order valence-electron chi connectivity index (χ4n) is 1.51. The Morgan fingerprint density at radius 3 is 2.39 bits per heavy atom. The molecule has 0 bridgehead atoms. The number of aryl methyl sites for hydroxylation is 1. The second-order valence-corrected chi connectivity index (χ2v) is 4.32. The van der Waals surface area contributed by atoms with E-state index >= 15 is 0 Å². The van der Waals surface area contributed by atoms with Crippen molar-refractivity contribution < 1.29 is 4.92 Å². The molecule has 1 aromatic rings. The molecule has 2 N–H and O–H groups in total. The van der Waals surface area contributed by atoms with Gasteiger partial charge in [-0.05, 0) is 21.0 Å². The minimum absolute atomic E-state index is 0.0461. The van der Waals surface area contributed by atoms with Crippen LogP contribution in [0, 0.1) is 17.0 Å². The molecule has 0 atom stereocenters. The minimum atomic E-state index is -0.476. The van der Waals surface area contributed by atoms with Gasteiger partial charge in [0.2, 0.25) is 11.8 Å². The molecule has 100 valence electrons. The van der Waals surface area contributed by atoms with Gasteiger partial charge in [-0.2, -0.15) is 4.98 Å². The first-order valence-corrected chi connectivity index (χ1v) is 5.47. The number of nitrogens with zero attached hydrogens (tertiary/aromatic N) is 5. The molecule has 0 unspecified atom stereocenters. The van der Waals surface area contributed by atoms with Gasteiger partial charge in [-0.1, -0.05) is 0 Å². The predicted octanol–water partition coefficient (Wildman–Crippen LogP) is 0.273. The molecule has 0 aromatic carbocycles. The third-order valence-corrected chi connectivity index (χ3v) is 2.48. The second-order valence-electron chi connectivity index (χ2n) is 4.32. The molecule has 0 spiro atoms. The van der Waals surface area contributed by atoms with Crippen molar-refractivity contribution in [3.8, 4) is 0 Å². The van der Waals surface area contributed by atoms with Crippen LogP contribution >= 0.6 is 0 Å². The van der Waals surface area contributed by atoms with Crippen LogP contribution in [0.3, 0.4) is 0 Å². The number of nitrogen functional groups attached to an aromatic ring is 1. The zero-order valence-corrected chi connectivity index (χ0v) is 11.0. The van der Waals surface area contributed by atoms with Crippen LogP contribution in [0.4, 0.5) is 17.5 Å². The smallest absolute Gasteiger partial charge is 0.332 e. The molecule has 0 aliphatic carbocycles. The lowest BCUT2D eigenvalue weighted by Crippen LogP contribution is -2.30. The SMILES string of the molecule is Cc1nc(N)nc(N(C)CCN(C)C)c1[N+](=O)[O-]. The van der Waals surface area contributed by atoms with Crippen LogP contribution < -0.4 is 10.6 Å². The van der Waals surface area contributed by atoms with Gasteiger partial charge in [0.05, 0.1) is 4.92 Å². The third kappa shape index (κ3) is 3.27. The van der Waals surface area contributed by atoms with Crippen molar-refractivity contribution in [1.82, 2.24) is 14.9 Å². The number of likely N-dealkylation sites (N-methyl/N-ethyl adjacent to an activating group) is 2. The topological polar surface area (TPSA) is 101 Å². The summed E-state index contributed by atoms with van der Waals surface area (Å²) < 4.78 is 0. The van der Waals surface area contributed by atoms with Crippen LogP contribution in [-0.4, -0.2) is 54.0 Å². The van der Waals surface area contributed by atoms with Crippen LogP contribution in [0.2, 0.25) is 0 Å². The molecule has 0 radical (unpaired) electrons. The van der Waals surface area contributed by atoms with Crippen LogP contribution in [0.5, 0.6) is 0 Å². The van der Waals surface area contributed by atoms with Crippen LogP contribution in [0.25, 0.3) is 0 Å². The predicted molar refractivity (Wildman–Crippen MR) is 69.7 cm³/mol. The quantitative estimate of drug-likeness (QED) is 0.594. The van der Waals surface area contributed by atoms with Gasteiger partial charge in [0.15, 0.2) is 0 Å². The zero-order chi connectivity index (χ0) is 13.9. The van der Waals surface area contributed by atoms with Crippen molar-refractivity contribution in [3.05, 3.63) is 15.8 Å². The molecule has 0 amide bonds. The lowest BCUT2D eigenvalue weighted by atomic mass is 10.3. The number of hydrogen-bond donors (Lipinski definition) is 1. The number of rotatable bonds is 5. The van der Waals surface area contributed by atoms with E-state index in [0.717, 1.165) is 6.54 Å². The van der Waals surface area contributed by atoms with Crippen molar-refractivity contribution in [3.63, 3.8) is 0 Å². The highest BCUT2D eigenvalue weighted by molar-refractivity contribution is 5.61. The molecule has 18 heavy (non-hydrogen) atoms. The maximum Gasteiger partial charge on any atom is 0.332 e. The summed E-state index contributed by atoms with van der Waals surface area (Å²) in [7, 11) is 5.61. The van der Waals surface area contributed by atoms with Gasteiger partial charge in [0.25, 0.3) is 0 Å². The van der Waals surface area contributed by atoms with Gasteiger partial charge >= 0.3 is 5.69 Å².